The van der Waals surface area contributed by atoms with Gasteiger partial charge in [-0.25, -0.2) is 4.98 Å². The molecule has 0 aromatic carbocycles. The molecule has 16 heavy (non-hydrogen) atoms. The van der Waals surface area contributed by atoms with Gasteiger partial charge in [-0.15, -0.1) is 0 Å². The van der Waals surface area contributed by atoms with Gasteiger partial charge in [0.2, 0.25) is 5.76 Å². The zero-order valence-electron chi connectivity index (χ0n) is 9.62. The molecule has 0 aliphatic rings. The average molecular weight is 289 g/mol. The van der Waals surface area contributed by atoms with Crippen LogP contribution >= 0.6 is 15.9 Å². The summed E-state index contributed by atoms with van der Waals surface area (Å²) in [5.74, 6) is 0.642. The molecule has 0 radical (unpaired) electrons. The number of rotatable bonds is 6. The molecule has 4 nitrogen and oxygen atoms in total. The Kier molecular flexibility index (Phi) is 5.52. The number of alkyl halides is 1. The molecule has 0 saturated carbocycles. The SMILES string of the molecule is CCC(CCBr)CNC(=O)c1ocnc1C. The first-order chi connectivity index (χ1) is 7.69. The van der Waals surface area contributed by atoms with Crippen LogP contribution in [0.3, 0.4) is 0 Å². The van der Waals surface area contributed by atoms with E-state index in [0.29, 0.717) is 23.9 Å². The van der Waals surface area contributed by atoms with Gasteiger partial charge in [-0.1, -0.05) is 29.3 Å². The van der Waals surface area contributed by atoms with Crippen molar-refractivity contribution >= 4 is 21.8 Å². The molecule has 0 fully saturated rings. The van der Waals surface area contributed by atoms with Crippen LogP contribution in [0, 0.1) is 12.8 Å². The van der Waals surface area contributed by atoms with Gasteiger partial charge in [0, 0.05) is 11.9 Å². The molecule has 1 aromatic rings. The molecule has 0 aliphatic carbocycles. The van der Waals surface area contributed by atoms with Crippen molar-refractivity contribution in [3.63, 3.8) is 0 Å². The fourth-order valence-electron chi connectivity index (χ4n) is 1.44. The number of aromatic nitrogens is 1. The van der Waals surface area contributed by atoms with Crippen molar-refractivity contribution in [2.45, 2.75) is 26.7 Å². The molecular weight excluding hydrogens is 272 g/mol. The highest BCUT2D eigenvalue weighted by atomic mass is 79.9. The lowest BCUT2D eigenvalue weighted by atomic mass is 10.0. The smallest absolute Gasteiger partial charge is 0.289 e. The number of aryl methyl sites for hydroxylation is 1. The van der Waals surface area contributed by atoms with E-state index >= 15 is 0 Å². The number of halogens is 1. The summed E-state index contributed by atoms with van der Waals surface area (Å²) in [6, 6.07) is 0. The van der Waals surface area contributed by atoms with E-state index in [0.717, 1.165) is 18.2 Å². The molecule has 0 saturated heterocycles. The predicted molar refractivity (Wildman–Crippen MR) is 65.8 cm³/mol. The van der Waals surface area contributed by atoms with Crippen molar-refractivity contribution in [1.82, 2.24) is 10.3 Å². The van der Waals surface area contributed by atoms with Crippen LogP contribution < -0.4 is 5.32 Å². The zero-order valence-corrected chi connectivity index (χ0v) is 11.2. The molecule has 0 aliphatic heterocycles. The minimum Gasteiger partial charge on any atom is -0.438 e. The zero-order chi connectivity index (χ0) is 12.0. The summed E-state index contributed by atoms with van der Waals surface area (Å²) in [5, 5.41) is 3.83. The number of hydrogen-bond acceptors (Lipinski definition) is 3. The van der Waals surface area contributed by atoms with Gasteiger partial charge >= 0.3 is 0 Å². The summed E-state index contributed by atoms with van der Waals surface area (Å²) in [4.78, 5) is 15.6. The molecule has 1 unspecified atom stereocenters. The van der Waals surface area contributed by atoms with Crippen LogP contribution in [0.25, 0.3) is 0 Å². The molecule has 0 spiro atoms. The van der Waals surface area contributed by atoms with E-state index < -0.39 is 0 Å². The van der Waals surface area contributed by atoms with E-state index in [-0.39, 0.29) is 5.91 Å². The number of oxazole rings is 1. The maximum Gasteiger partial charge on any atom is 0.289 e. The van der Waals surface area contributed by atoms with Crippen LogP contribution in [0.1, 0.15) is 36.0 Å². The van der Waals surface area contributed by atoms with Gasteiger partial charge < -0.3 is 9.73 Å². The summed E-state index contributed by atoms with van der Waals surface area (Å²) >= 11 is 3.41. The van der Waals surface area contributed by atoms with Gasteiger partial charge in [0.15, 0.2) is 6.39 Å². The Morgan fingerprint density at radius 3 is 2.94 bits per heavy atom. The highest BCUT2D eigenvalue weighted by molar-refractivity contribution is 9.09. The molecule has 1 heterocycles. The topological polar surface area (TPSA) is 55.1 Å². The van der Waals surface area contributed by atoms with E-state index in [1.165, 1.54) is 6.39 Å². The third-order valence-electron chi connectivity index (χ3n) is 2.60. The number of carbonyl (C=O) groups is 1. The van der Waals surface area contributed by atoms with E-state index in [1.807, 2.05) is 0 Å². The maximum absolute atomic E-state index is 11.7. The summed E-state index contributed by atoms with van der Waals surface area (Å²) in [7, 11) is 0. The molecule has 0 bridgehead atoms. The third kappa shape index (κ3) is 3.63. The van der Waals surface area contributed by atoms with E-state index in [9.17, 15) is 4.79 Å². The number of hydrogen-bond donors (Lipinski definition) is 1. The first-order valence-corrected chi connectivity index (χ1v) is 6.55. The van der Waals surface area contributed by atoms with E-state index in [2.05, 4.69) is 33.2 Å². The van der Waals surface area contributed by atoms with Gasteiger partial charge in [-0.2, -0.15) is 0 Å². The number of nitrogens with one attached hydrogen (secondary N) is 1. The standard InChI is InChI=1S/C11H17BrN2O2/c1-3-9(4-5-12)6-13-11(15)10-8(2)14-7-16-10/h7,9H,3-6H2,1-2H3,(H,13,15). The number of nitrogens with zero attached hydrogens (tertiary/aromatic N) is 1. The Balaban J connectivity index is 2.43. The first kappa shape index (κ1) is 13.2. The number of amides is 1. The molecule has 5 heteroatoms. The molecule has 1 aromatic heterocycles. The molecule has 1 rings (SSSR count). The van der Waals surface area contributed by atoms with E-state index in [1.54, 1.807) is 6.92 Å². The third-order valence-corrected chi connectivity index (χ3v) is 3.06. The minimum absolute atomic E-state index is 0.178. The molecule has 1 atom stereocenters. The Bertz CT molecular complexity index is 338. The summed E-state index contributed by atoms with van der Waals surface area (Å²) in [5.41, 5.74) is 0.631. The molecule has 90 valence electrons. The van der Waals surface area contributed by atoms with Gasteiger partial charge in [0.25, 0.3) is 5.91 Å². The summed E-state index contributed by atoms with van der Waals surface area (Å²) in [6.45, 7) is 4.56. The molecule has 1 N–H and O–H groups in total. The maximum atomic E-state index is 11.7. The second-order valence-electron chi connectivity index (χ2n) is 3.73. The van der Waals surface area contributed by atoms with Crippen LogP contribution in [-0.4, -0.2) is 22.8 Å². The first-order valence-electron chi connectivity index (χ1n) is 5.43. The minimum atomic E-state index is -0.178. The van der Waals surface area contributed by atoms with E-state index in [4.69, 9.17) is 4.42 Å². The Morgan fingerprint density at radius 2 is 2.44 bits per heavy atom. The predicted octanol–water partition coefficient (Wildman–Crippen LogP) is 2.52. The van der Waals surface area contributed by atoms with Crippen LogP contribution in [0.15, 0.2) is 10.8 Å². The Hall–Kier alpha value is -0.840. The second-order valence-corrected chi connectivity index (χ2v) is 4.52. The van der Waals surface area contributed by atoms with Crippen molar-refractivity contribution in [1.29, 1.82) is 0 Å². The van der Waals surface area contributed by atoms with Crippen molar-refractivity contribution in [3.8, 4) is 0 Å². The summed E-state index contributed by atoms with van der Waals surface area (Å²) < 4.78 is 5.02. The average Bonchev–Trinajstić information content (AvgIpc) is 2.70. The lowest BCUT2D eigenvalue weighted by Crippen LogP contribution is -2.29. The monoisotopic (exact) mass is 288 g/mol. The largest absolute Gasteiger partial charge is 0.438 e. The van der Waals surface area contributed by atoms with Crippen LogP contribution in [0.5, 0.6) is 0 Å². The normalized spacial score (nSPS) is 12.4. The lowest BCUT2D eigenvalue weighted by molar-refractivity contribution is 0.0918. The Morgan fingerprint density at radius 1 is 1.69 bits per heavy atom. The number of carbonyl (C=O) groups excluding carboxylic acids is 1. The second kappa shape index (κ2) is 6.68. The molecular formula is C11H17BrN2O2. The van der Waals surface area contributed by atoms with Crippen molar-refractivity contribution in [2.24, 2.45) is 5.92 Å². The molecule has 1 amide bonds. The van der Waals surface area contributed by atoms with Crippen molar-refractivity contribution < 1.29 is 9.21 Å². The van der Waals surface area contributed by atoms with Crippen molar-refractivity contribution in [3.05, 3.63) is 17.8 Å². The van der Waals surface area contributed by atoms with Gasteiger partial charge in [-0.05, 0) is 19.3 Å². The van der Waals surface area contributed by atoms with Crippen LogP contribution in [0.2, 0.25) is 0 Å². The highest BCUT2D eigenvalue weighted by Gasteiger charge is 2.15. The summed E-state index contributed by atoms with van der Waals surface area (Å²) in [6.07, 6.45) is 3.41. The fourth-order valence-corrected chi connectivity index (χ4v) is 2.09. The van der Waals surface area contributed by atoms with Crippen LogP contribution in [-0.2, 0) is 0 Å². The van der Waals surface area contributed by atoms with Crippen molar-refractivity contribution in [2.75, 3.05) is 11.9 Å². The quantitative estimate of drug-likeness (QED) is 0.819. The van der Waals surface area contributed by atoms with Gasteiger partial charge in [0.1, 0.15) is 0 Å². The van der Waals surface area contributed by atoms with Gasteiger partial charge in [0.05, 0.1) is 5.69 Å². The fraction of sp³-hybridized carbons (Fsp3) is 0.636. The Labute approximate surface area is 104 Å². The highest BCUT2D eigenvalue weighted by Crippen LogP contribution is 2.10. The van der Waals surface area contributed by atoms with Crippen LogP contribution in [0.4, 0.5) is 0 Å². The van der Waals surface area contributed by atoms with Gasteiger partial charge in [-0.3, -0.25) is 4.79 Å². The lowest BCUT2D eigenvalue weighted by Gasteiger charge is -2.13.